The van der Waals surface area contributed by atoms with Crippen LogP contribution in [0.2, 0.25) is 5.02 Å². The Labute approximate surface area is 166 Å². The number of halogens is 1. The fourth-order valence-corrected chi connectivity index (χ4v) is 4.05. The number of ether oxygens (including phenoxy) is 3. The van der Waals surface area contributed by atoms with E-state index in [2.05, 4.69) is 5.32 Å². The second-order valence-electron chi connectivity index (χ2n) is 5.81. The van der Waals surface area contributed by atoms with Crippen molar-refractivity contribution in [2.45, 2.75) is 11.4 Å². The normalized spacial score (nSPS) is 18.9. The van der Waals surface area contributed by atoms with Crippen LogP contribution >= 0.6 is 23.4 Å². The molecule has 27 heavy (non-hydrogen) atoms. The van der Waals surface area contributed by atoms with Crippen LogP contribution in [-0.4, -0.2) is 43.2 Å². The predicted octanol–water partition coefficient (Wildman–Crippen LogP) is 3.59. The number of benzene rings is 2. The zero-order chi connectivity index (χ0) is 19.2. The van der Waals surface area contributed by atoms with Crippen molar-refractivity contribution in [3.05, 3.63) is 53.1 Å². The van der Waals surface area contributed by atoms with E-state index in [4.69, 9.17) is 30.9 Å². The first kappa shape index (κ1) is 19.7. The predicted molar refractivity (Wildman–Crippen MR) is 105 cm³/mol. The van der Waals surface area contributed by atoms with Gasteiger partial charge in [-0.1, -0.05) is 29.8 Å². The molecule has 3 rings (SSSR count). The molecule has 2 unspecified atom stereocenters. The summed E-state index contributed by atoms with van der Waals surface area (Å²) >= 11 is 7.61. The second-order valence-corrected chi connectivity index (χ2v) is 7.35. The van der Waals surface area contributed by atoms with Gasteiger partial charge in [0.2, 0.25) is 0 Å². The number of nitrogens with one attached hydrogen (secondary N) is 1. The summed E-state index contributed by atoms with van der Waals surface area (Å²) in [5.41, 5.74) is 0.937. The van der Waals surface area contributed by atoms with Gasteiger partial charge < -0.3 is 19.3 Å². The summed E-state index contributed by atoms with van der Waals surface area (Å²) in [6.07, 6.45) is 0. The Morgan fingerprint density at radius 3 is 2.59 bits per heavy atom. The molecule has 1 fully saturated rings. The molecular formula is C19H20ClNO5S. The summed E-state index contributed by atoms with van der Waals surface area (Å²) in [6, 6.07) is 12.3. The van der Waals surface area contributed by atoms with Crippen molar-refractivity contribution >= 4 is 29.3 Å². The molecule has 1 aliphatic heterocycles. The van der Waals surface area contributed by atoms with Crippen LogP contribution in [0, 0.1) is 0 Å². The summed E-state index contributed by atoms with van der Waals surface area (Å²) in [6.45, 7) is 0.642. The number of hydrogen-bond acceptors (Lipinski definition) is 6. The van der Waals surface area contributed by atoms with E-state index in [1.165, 1.54) is 0 Å². The Kier molecular flexibility index (Phi) is 6.71. The second kappa shape index (κ2) is 9.21. The van der Waals surface area contributed by atoms with Gasteiger partial charge in [0, 0.05) is 5.75 Å². The minimum atomic E-state index is -0.841. The fourth-order valence-electron chi connectivity index (χ4n) is 2.64. The van der Waals surface area contributed by atoms with E-state index in [0.717, 1.165) is 5.56 Å². The third kappa shape index (κ3) is 5.00. The van der Waals surface area contributed by atoms with Crippen molar-refractivity contribution < 1.29 is 24.1 Å². The van der Waals surface area contributed by atoms with E-state index in [-0.39, 0.29) is 5.37 Å². The Hall–Kier alpha value is -2.09. The highest BCUT2D eigenvalue weighted by Gasteiger charge is 2.30. The van der Waals surface area contributed by atoms with E-state index in [0.29, 0.717) is 41.2 Å². The van der Waals surface area contributed by atoms with Crippen molar-refractivity contribution in [1.29, 1.82) is 0 Å². The van der Waals surface area contributed by atoms with Gasteiger partial charge in [0.05, 0.1) is 17.5 Å². The Morgan fingerprint density at radius 1 is 1.19 bits per heavy atom. The van der Waals surface area contributed by atoms with Crippen molar-refractivity contribution in [2.24, 2.45) is 0 Å². The van der Waals surface area contributed by atoms with Gasteiger partial charge in [0.25, 0.3) is 0 Å². The van der Waals surface area contributed by atoms with E-state index in [1.807, 2.05) is 30.3 Å². The maximum Gasteiger partial charge on any atom is 0.321 e. The number of aliphatic carboxylic acids is 1. The van der Waals surface area contributed by atoms with Gasteiger partial charge in [-0.3, -0.25) is 10.1 Å². The number of carbonyl (C=O) groups is 1. The van der Waals surface area contributed by atoms with Gasteiger partial charge in [-0.05, 0) is 29.8 Å². The minimum Gasteiger partial charge on any atom is -0.493 e. The van der Waals surface area contributed by atoms with Crippen molar-refractivity contribution in [2.75, 3.05) is 26.1 Å². The molecule has 2 aromatic carbocycles. The molecule has 2 aromatic rings. The molecule has 0 bridgehead atoms. The zero-order valence-corrected chi connectivity index (χ0v) is 16.3. The molecule has 144 valence electrons. The lowest BCUT2D eigenvalue weighted by atomic mass is 10.2. The molecule has 0 amide bonds. The first-order chi connectivity index (χ1) is 13.1. The average molecular weight is 410 g/mol. The molecular weight excluding hydrogens is 390 g/mol. The summed E-state index contributed by atoms with van der Waals surface area (Å²) < 4.78 is 16.8. The van der Waals surface area contributed by atoms with E-state index >= 15 is 0 Å². The number of thioether (sulfide) groups is 1. The molecule has 8 heteroatoms. The number of hydrogen-bond donors (Lipinski definition) is 2. The first-order valence-corrected chi connectivity index (χ1v) is 9.79. The quantitative estimate of drug-likeness (QED) is 0.645. The third-order valence-electron chi connectivity index (χ3n) is 4.01. The average Bonchev–Trinajstić information content (AvgIpc) is 3.17. The molecule has 2 atom stereocenters. The Bertz CT molecular complexity index is 803. The van der Waals surface area contributed by atoms with E-state index in [1.54, 1.807) is 31.0 Å². The number of methoxy groups -OCH3 is 1. The standard InChI is InChI=1S/C19H20ClNO5S/c1-24-16-7-6-12(18-21-14(11-27-18)19(22)23)10-17(16)26-9-8-25-15-5-3-2-4-13(15)20/h2-7,10,14,18,21H,8-9,11H2,1H3,(H,22,23). The lowest BCUT2D eigenvalue weighted by molar-refractivity contribution is -0.138. The fraction of sp³-hybridized carbons (Fsp3) is 0.316. The van der Waals surface area contributed by atoms with E-state index in [9.17, 15) is 4.79 Å². The van der Waals surface area contributed by atoms with Gasteiger partial charge in [-0.15, -0.1) is 11.8 Å². The van der Waals surface area contributed by atoms with Gasteiger partial charge in [0.1, 0.15) is 25.0 Å². The van der Waals surface area contributed by atoms with Crippen LogP contribution in [0.4, 0.5) is 0 Å². The molecule has 0 aliphatic carbocycles. The van der Waals surface area contributed by atoms with Gasteiger partial charge in [-0.25, -0.2) is 0 Å². The topological polar surface area (TPSA) is 77.0 Å². The Morgan fingerprint density at radius 2 is 1.93 bits per heavy atom. The minimum absolute atomic E-state index is 0.0984. The first-order valence-electron chi connectivity index (χ1n) is 8.37. The highest BCUT2D eigenvalue weighted by atomic mass is 35.5. The molecule has 1 aliphatic rings. The SMILES string of the molecule is COc1ccc(C2NC(C(=O)O)CS2)cc1OCCOc1ccccc1Cl. The van der Waals surface area contributed by atoms with Gasteiger partial charge >= 0.3 is 5.97 Å². The van der Waals surface area contributed by atoms with Gasteiger partial charge in [0.15, 0.2) is 11.5 Å². The highest BCUT2D eigenvalue weighted by Crippen LogP contribution is 2.37. The maximum absolute atomic E-state index is 11.1. The summed E-state index contributed by atoms with van der Waals surface area (Å²) in [4.78, 5) is 11.1. The molecule has 0 aromatic heterocycles. The molecule has 0 radical (unpaired) electrons. The lowest BCUT2D eigenvalue weighted by Crippen LogP contribution is -2.33. The van der Waals surface area contributed by atoms with Crippen LogP contribution in [-0.2, 0) is 4.79 Å². The van der Waals surface area contributed by atoms with Crippen LogP contribution in [0.5, 0.6) is 17.2 Å². The Balaban J connectivity index is 1.60. The van der Waals surface area contributed by atoms with Crippen LogP contribution in [0.25, 0.3) is 0 Å². The monoisotopic (exact) mass is 409 g/mol. The number of rotatable bonds is 8. The maximum atomic E-state index is 11.1. The van der Waals surface area contributed by atoms with Crippen LogP contribution in [0.15, 0.2) is 42.5 Å². The molecule has 6 nitrogen and oxygen atoms in total. The molecule has 2 N–H and O–H groups in total. The number of carboxylic acids is 1. The number of carboxylic acid groups (broad SMARTS) is 1. The highest BCUT2D eigenvalue weighted by molar-refractivity contribution is 7.99. The van der Waals surface area contributed by atoms with Gasteiger partial charge in [-0.2, -0.15) is 0 Å². The van der Waals surface area contributed by atoms with Crippen LogP contribution < -0.4 is 19.5 Å². The van der Waals surface area contributed by atoms with Crippen molar-refractivity contribution in [3.8, 4) is 17.2 Å². The smallest absolute Gasteiger partial charge is 0.321 e. The summed E-state index contributed by atoms with van der Waals surface area (Å²) in [5.74, 6) is 1.48. The van der Waals surface area contributed by atoms with Crippen molar-refractivity contribution in [3.63, 3.8) is 0 Å². The zero-order valence-electron chi connectivity index (χ0n) is 14.7. The molecule has 1 heterocycles. The van der Waals surface area contributed by atoms with Crippen molar-refractivity contribution in [1.82, 2.24) is 5.32 Å². The van der Waals surface area contributed by atoms with Crippen LogP contribution in [0.3, 0.4) is 0 Å². The molecule has 0 saturated carbocycles. The third-order valence-corrected chi connectivity index (χ3v) is 5.59. The largest absolute Gasteiger partial charge is 0.493 e. The summed E-state index contributed by atoms with van der Waals surface area (Å²) in [7, 11) is 1.57. The molecule has 1 saturated heterocycles. The van der Waals surface area contributed by atoms with E-state index < -0.39 is 12.0 Å². The lowest BCUT2D eigenvalue weighted by Gasteiger charge is -2.16. The summed E-state index contributed by atoms with van der Waals surface area (Å²) in [5, 5.41) is 12.7. The number of para-hydroxylation sites is 1. The molecule has 0 spiro atoms. The van der Waals surface area contributed by atoms with Crippen LogP contribution in [0.1, 0.15) is 10.9 Å².